The SMILES string of the molecule is CCCN(C)CCCOc1cc(C(=O)N2CC[C@H](C)Nc3ccccc32)ccc1-c1ccc(N)cc1. The fraction of sp³-hybridized carbons (Fsp3) is 0.367. The first-order chi connectivity index (χ1) is 17.5. The molecule has 1 amide bonds. The quantitative estimate of drug-likeness (QED) is 0.291. The second-order valence-electron chi connectivity index (χ2n) is 9.65. The summed E-state index contributed by atoms with van der Waals surface area (Å²) in [6.07, 6.45) is 2.92. The fourth-order valence-electron chi connectivity index (χ4n) is 4.66. The van der Waals surface area contributed by atoms with E-state index in [2.05, 4.69) is 31.1 Å². The lowest BCUT2D eigenvalue weighted by Crippen LogP contribution is -2.32. The number of rotatable bonds is 9. The van der Waals surface area contributed by atoms with Gasteiger partial charge in [-0.05, 0) is 87.8 Å². The highest BCUT2D eigenvalue weighted by atomic mass is 16.5. The number of ether oxygens (including phenoxy) is 1. The predicted molar refractivity (Wildman–Crippen MR) is 150 cm³/mol. The van der Waals surface area contributed by atoms with E-state index in [-0.39, 0.29) is 5.91 Å². The largest absolute Gasteiger partial charge is 0.493 e. The van der Waals surface area contributed by atoms with Crippen molar-refractivity contribution in [1.29, 1.82) is 0 Å². The summed E-state index contributed by atoms with van der Waals surface area (Å²) < 4.78 is 6.30. The van der Waals surface area contributed by atoms with Gasteiger partial charge in [0.15, 0.2) is 0 Å². The highest BCUT2D eigenvalue weighted by molar-refractivity contribution is 6.08. The first kappa shape index (κ1) is 25.6. The number of nitrogens with zero attached hydrogens (tertiary/aromatic N) is 2. The Morgan fingerprint density at radius 1 is 1.11 bits per heavy atom. The van der Waals surface area contributed by atoms with Crippen molar-refractivity contribution >= 4 is 23.0 Å². The van der Waals surface area contributed by atoms with E-state index in [1.807, 2.05) is 71.6 Å². The van der Waals surface area contributed by atoms with Crippen molar-refractivity contribution < 1.29 is 9.53 Å². The van der Waals surface area contributed by atoms with Gasteiger partial charge in [0.1, 0.15) is 5.75 Å². The number of hydrogen-bond donors (Lipinski definition) is 2. The normalized spacial score (nSPS) is 15.2. The van der Waals surface area contributed by atoms with Crippen LogP contribution in [0.2, 0.25) is 0 Å². The van der Waals surface area contributed by atoms with Gasteiger partial charge in [0.25, 0.3) is 5.91 Å². The van der Waals surface area contributed by atoms with E-state index < -0.39 is 0 Å². The lowest BCUT2D eigenvalue weighted by atomic mass is 10.0. The Labute approximate surface area is 215 Å². The third-order valence-corrected chi connectivity index (χ3v) is 6.62. The molecule has 1 aliphatic rings. The second kappa shape index (κ2) is 12.0. The molecule has 36 heavy (non-hydrogen) atoms. The van der Waals surface area contributed by atoms with Crippen LogP contribution >= 0.6 is 0 Å². The second-order valence-corrected chi connectivity index (χ2v) is 9.65. The van der Waals surface area contributed by atoms with E-state index in [0.717, 1.165) is 66.3 Å². The number of para-hydroxylation sites is 2. The zero-order valence-electron chi connectivity index (χ0n) is 21.7. The Kier molecular flexibility index (Phi) is 8.49. The van der Waals surface area contributed by atoms with Crippen LogP contribution in [0.3, 0.4) is 0 Å². The molecule has 0 spiro atoms. The average Bonchev–Trinajstić information content (AvgIpc) is 3.05. The van der Waals surface area contributed by atoms with Crippen LogP contribution in [-0.4, -0.2) is 50.1 Å². The maximum absolute atomic E-state index is 13.8. The molecule has 0 saturated carbocycles. The molecule has 3 N–H and O–H groups in total. The molecule has 0 aliphatic carbocycles. The Morgan fingerprint density at radius 3 is 2.67 bits per heavy atom. The monoisotopic (exact) mass is 486 g/mol. The summed E-state index contributed by atoms with van der Waals surface area (Å²) in [5, 5.41) is 3.52. The van der Waals surface area contributed by atoms with Gasteiger partial charge in [-0.25, -0.2) is 0 Å². The van der Waals surface area contributed by atoms with E-state index >= 15 is 0 Å². The van der Waals surface area contributed by atoms with Crippen LogP contribution < -0.4 is 20.7 Å². The Bertz CT molecular complexity index is 1160. The van der Waals surface area contributed by atoms with Crippen molar-refractivity contribution in [3.05, 3.63) is 72.3 Å². The van der Waals surface area contributed by atoms with Gasteiger partial charge in [0, 0.05) is 35.9 Å². The molecule has 0 unspecified atom stereocenters. The summed E-state index contributed by atoms with van der Waals surface area (Å²) in [6.45, 7) is 7.63. The van der Waals surface area contributed by atoms with Crippen molar-refractivity contribution in [2.45, 2.75) is 39.2 Å². The lowest BCUT2D eigenvalue weighted by molar-refractivity contribution is 0.0986. The maximum Gasteiger partial charge on any atom is 0.258 e. The summed E-state index contributed by atoms with van der Waals surface area (Å²) in [5.74, 6) is 0.702. The molecule has 1 aliphatic heterocycles. The van der Waals surface area contributed by atoms with Crippen molar-refractivity contribution in [1.82, 2.24) is 4.90 Å². The number of amides is 1. The Balaban J connectivity index is 1.61. The molecule has 3 aromatic rings. The number of fused-ring (bicyclic) bond motifs is 1. The number of hydrogen-bond acceptors (Lipinski definition) is 5. The average molecular weight is 487 g/mol. The van der Waals surface area contributed by atoms with Crippen molar-refractivity contribution in [3.63, 3.8) is 0 Å². The molecule has 0 aromatic heterocycles. The van der Waals surface area contributed by atoms with Crippen LogP contribution in [0.25, 0.3) is 11.1 Å². The van der Waals surface area contributed by atoms with Crippen LogP contribution in [0.15, 0.2) is 66.7 Å². The molecule has 0 fully saturated rings. The summed E-state index contributed by atoms with van der Waals surface area (Å²) >= 11 is 0. The Morgan fingerprint density at radius 2 is 1.89 bits per heavy atom. The van der Waals surface area contributed by atoms with Gasteiger partial charge in [-0.15, -0.1) is 0 Å². The number of nitrogens with one attached hydrogen (secondary N) is 1. The van der Waals surface area contributed by atoms with Crippen LogP contribution in [0.1, 0.15) is 43.5 Å². The highest BCUT2D eigenvalue weighted by Gasteiger charge is 2.25. The van der Waals surface area contributed by atoms with Crippen molar-refractivity contribution in [3.8, 4) is 16.9 Å². The molecule has 1 atom stereocenters. The molecule has 0 saturated heterocycles. The summed E-state index contributed by atoms with van der Waals surface area (Å²) in [6, 6.07) is 21.9. The molecule has 4 rings (SSSR count). The maximum atomic E-state index is 13.8. The van der Waals surface area contributed by atoms with Gasteiger partial charge in [0.2, 0.25) is 0 Å². The van der Waals surface area contributed by atoms with Crippen LogP contribution in [0.5, 0.6) is 5.75 Å². The number of anilines is 3. The van der Waals surface area contributed by atoms with E-state index in [1.165, 1.54) is 0 Å². The third-order valence-electron chi connectivity index (χ3n) is 6.62. The minimum absolute atomic E-state index is 0.0188. The number of carbonyl (C=O) groups excluding carboxylic acids is 1. The van der Waals surface area contributed by atoms with Gasteiger partial charge in [-0.3, -0.25) is 4.79 Å². The number of benzene rings is 3. The van der Waals surface area contributed by atoms with Crippen LogP contribution in [0, 0.1) is 0 Å². The van der Waals surface area contributed by atoms with Gasteiger partial charge in [0.05, 0.1) is 18.0 Å². The summed E-state index contributed by atoms with van der Waals surface area (Å²) in [7, 11) is 2.14. The molecular formula is C30H38N4O2. The topological polar surface area (TPSA) is 70.8 Å². The van der Waals surface area contributed by atoms with Crippen molar-refractivity contribution in [2.75, 3.05) is 49.2 Å². The predicted octanol–water partition coefficient (Wildman–Crippen LogP) is 5.90. The first-order valence-corrected chi connectivity index (χ1v) is 12.9. The van der Waals surface area contributed by atoms with Gasteiger partial charge >= 0.3 is 0 Å². The molecule has 3 aromatic carbocycles. The van der Waals surface area contributed by atoms with Crippen LogP contribution in [0.4, 0.5) is 17.1 Å². The number of nitrogen functional groups attached to an aromatic ring is 1. The summed E-state index contributed by atoms with van der Waals surface area (Å²) in [5.41, 5.74) is 11.1. The number of carbonyl (C=O) groups is 1. The first-order valence-electron chi connectivity index (χ1n) is 12.9. The van der Waals surface area contributed by atoms with E-state index in [0.29, 0.717) is 24.8 Å². The van der Waals surface area contributed by atoms with E-state index in [9.17, 15) is 4.79 Å². The molecular weight excluding hydrogens is 448 g/mol. The molecule has 0 bridgehead atoms. The Hall–Kier alpha value is -3.51. The summed E-state index contributed by atoms with van der Waals surface area (Å²) in [4.78, 5) is 18.0. The van der Waals surface area contributed by atoms with E-state index in [1.54, 1.807) is 0 Å². The zero-order chi connectivity index (χ0) is 25.5. The minimum atomic E-state index is -0.0188. The standard InChI is InChI=1S/C30H38N4O2/c1-4-17-33(3)18-7-20-36-29-21-24(12-15-26(29)23-10-13-25(31)14-11-23)30(35)34-19-16-22(2)32-27-8-5-6-9-28(27)34/h5-6,8-15,21-22,32H,4,7,16-20,31H2,1-3H3/t22-/m0/s1. The fourth-order valence-corrected chi connectivity index (χ4v) is 4.66. The van der Waals surface area contributed by atoms with E-state index in [4.69, 9.17) is 10.5 Å². The number of nitrogens with two attached hydrogens (primary N) is 1. The van der Waals surface area contributed by atoms with Crippen molar-refractivity contribution in [2.24, 2.45) is 0 Å². The highest BCUT2D eigenvalue weighted by Crippen LogP contribution is 2.34. The van der Waals surface area contributed by atoms with Gasteiger partial charge in [-0.1, -0.05) is 31.2 Å². The molecule has 0 radical (unpaired) electrons. The molecule has 6 heteroatoms. The van der Waals surface area contributed by atoms with Gasteiger partial charge < -0.3 is 25.6 Å². The molecule has 6 nitrogen and oxygen atoms in total. The van der Waals surface area contributed by atoms with Gasteiger partial charge in [-0.2, -0.15) is 0 Å². The minimum Gasteiger partial charge on any atom is -0.493 e. The molecule has 190 valence electrons. The lowest BCUT2D eigenvalue weighted by Gasteiger charge is -2.23. The smallest absolute Gasteiger partial charge is 0.258 e. The molecule has 1 heterocycles. The van der Waals surface area contributed by atoms with Crippen LogP contribution in [-0.2, 0) is 0 Å². The zero-order valence-corrected chi connectivity index (χ0v) is 21.7. The third kappa shape index (κ3) is 6.18.